The van der Waals surface area contributed by atoms with Crippen molar-refractivity contribution in [3.05, 3.63) is 72.3 Å². The van der Waals surface area contributed by atoms with Crippen LogP contribution in [0.3, 0.4) is 0 Å². The highest BCUT2D eigenvalue weighted by Crippen LogP contribution is 2.37. The summed E-state index contributed by atoms with van der Waals surface area (Å²) < 4.78 is 0. The molecule has 4 heteroatoms. The van der Waals surface area contributed by atoms with Gasteiger partial charge in [0.25, 0.3) is 0 Å². The summed E-state index contributed by atoms with van der Waals surface area (Å²) in [6.07, 6.45) is 3.11. The van der Waals surface area contributed by atoms with Crippen LogP contribution in [0.5, 0.6) is 0 Å². The van der Waals surface area contributed by atoms with Crippen molar-refractivity contribution in [2.75, 3.05) is 12.7 Å². The minimum absolute atomic E-state index is 0.0435. The number of nitrogens with zero attached hydrogens (tertiary/aromatic N) is 2. The summed E-state index contributed by atoms with van der Waals surface area (Å²) in [7, 11) is -2.29. The Bertz CT molecular complexity index is 839. The van der Waals surface area contributed by atoms with Crippen LogP contribution in [0.25, 0.3) is 0 Å². The topological polar surface area (TPSA) is 47.3 Å². The van der Waals surface area contributed by atoms with Gasteiger partial charge in [0.2, 0.25) is 0 Å². The third-order valence-corrected chi connectivity index (χ3v) is 12.4. The number of benzene rings is 2. The van der Waals surface area contributed by atoms with Gasteiger partial charge in [-0.05, 0) is 24.0 Å². The van der Waals surface area contributed by atoms with Crippen LogP contribution in [0.1, 0.15) is 34.1 Å². The molecule has 0 saturated carbocycles. The third kappa shape index (κ3) is 4.23. The van der Waals surface area contributed by atoms with Crippen LogP contribution in [0.4, 0.5) is 0 Å². The van der Waals surface area contributed by atoms with E-state index < -0.39 is 14.2 Å². The van der Waals surface area contributed by atoms with Gasteiger partial charge in [-0.2, -0.15) is 5.26 Å². The second-order valence-electron chi connectivity index (χ2n) is 9.13. The molecule has 0 aromatic heterocycles. The van der Waals surface area contributed by atoms with E-state index in [1.54, 1.807) is 0 Å². The van der Waals surface area contributed by atoms with Crippen molar-refractivity contribution in [3.8, 4) is 6.07 Å². The van der Waals surface area contributed by atoms with E-state index in [1.807, 2.05) is 6.92 Å². The Labute approximate surface area is 176 Å². The lowest BCUT2D eigenvalue weighted by Crippen LogP contribution is -2.71. The van der Waals surface area contributed by atoms with Crippen LogP contribution in [0, 0.1) is 11.3 Å². The SMILES string of the molecule is CC(O)C1=CCC(C#N)N(C[Si](c2ccccc2)(c2ccccc2)C(C)(C)C)C1. The molecule has 2 aromatic rings. The van der Waals surface area contributed by atoms with Crippen molar-refractivity contribution >= 4 is 18.4 Å². The summed E-state index contributed by atoms with van der Waals surface area (Å²) in [6, 6.07) is 24.1. The standard InChI is InChI=1S/C25H32N2OSi/c1-20(28)21-15-16-22(17-26)27(18-21)19-29(25(2,3)4,23-11-7-5-8-12-23)24-13-9-6-10-14-24/h5-15,20,22,28H,16,18-19H2,1-4H3. The molecule has 2 aromatic carbocycles. The molecule has 1 aliphatic rings. The number of aliphatic hydroxyl groups is 1. The number of nitriles is 1. The zero-order valence-corrected chi connectivity index (χ0v) is 19.0. The van der Waals surface area contributed by atoms with Crippen LogP contribution in [-0.2, 0) is 0 Å². The van der Waals surface area contributed by atoms with Gasteiger partial charge in [-0.3, -0.25) is 4.90 Å². The summed E-state index contributed by atoms with van der Waals surface area (Å²) in [5, 5.41) is 22.9. The third-order valence-electron chi connectivity index (χ3n) is 6.37. The van der Waals surface area contributed by atoms with Gasteiger partial charge in [-0.1, -0.05) is 97.9 Å². The Kier molecular flexibility index (Phi) is 6.43. The molecule has 0 saturated heterocycles. The lowest BCUT2D eigenvalue weighted by molar-refractivity contribution is 0.195. The smallest absolute Gasteiger partial charge is 0.136 e. The fraction of sp³-hybridized carbons (Fsp3) is 0.400. The van der Waals surface area contributed by atoms with Gasteiger partial charge in [0, 0.05) is 12.7 Å². The molecule has 0 radical (unpaired) electrons. The van der Waals surface area contributed by atoms with Gasteiger partial charge in [-0.15, -0.1) is 0 Å². The molecule has 1 N–H and O–H groups in total. The van der Waals surface area contributed by atoms with E-state index in [0.717, 1.165) is 11.7 Å². The Morgan fingerprint density at radius 3 is 2.00 bits per heavy atom. The summed E-state index contributed by atoms with van der Waals surface area (Å²) in [4.78, 5) is 2.32. The first-order valence-corrected chi connectivity index (χ1v) is 12.6. The van der Waals surface area contributed by atoms with Crippen LogP contribution in [0.2, 0.25) is 5.04 Å². The van der Waals surface area contributed by atoms with Gasteiger partial charge >= 0.3 is 0 Å². The predicted molar refractivity (Wildman–Crippen MR) is 123 cm³/mol. The number of hydrogen-bond acceptors (Lipinski definition) is 3. The molecule has 152 valence electrons. The first-order valence-electron chi connectivity index (χ1n) is 10.4. The largest absolute Gasteiger partial charge is 0.389 e. The second kappa shape index (κ2) is 8.67. The maximum Gasteiger partial charge on any atom is 0.136 e. The maximum absolute atomic E-state index is 10.2. The van der Waals surface area contributed by atoms with Crippen molar-refractivity contribution in [2.24, 2.45) is 0 Å². The van der Waals surface area contributed by atoms with Crippen LogP contribution in [-0.4, -0.2) is 42.9 Å². The molecule has 1 heterocycles. The minimum atomic E-state index is -2.29. The van der Waals surface area contributed by atoms with Gasteiger partial charge in [0.05, 0.1) is 12.2 Å². The molecule has 0 bridgehead atoms. The monoisotopic (exact) mass is 404 g/mol. The first kappa shape index (κ1) is 21.5. The van der Waals surface area contributed by atoms with Crippen molar-refractivity contribution in [3.63, 3.8) is 0 Å². The molecule has 0 amide bonds. The quantitative estimate of drug-likeness (QED) is 0.613. The van der Waals surface area contributed by atoms with E-state index in [1.165, 1.54) is 10.4 Å². The van der Waals surface area contributed by atoms with Crippen LogP contribution >= 0.6 is 0 Å². The second-order valence-corrected chi connectivity index (χ2v) is 13.9. The van der Waals surface area contributed by atoms with Crippen molar-refractivity contribution < 1.29 is 5.11 Å². The van der Waals surface area contributed by atoms with Crippen molar-refractivity contribution in [1.82, 2.24) is 4.90 Å². The van der Waals surface area contributed by atoms with Crippen LogP contribution in [0.15, 0.2) is 72.3 Å². The molecule has 3 nitrogen and oxygen atoms in total. The number of rotatable bonds is 5. The summed E-state index contributed by atoms with van der Waals surface area (Å²) >= 11 is 0. The highest BCUT2D eigenvalue weighted by molar-refractivity contribution is 7.04. The maximum atomic E-state index is 10.2. The fourth-order valence-electron chi connectivity index (χ4n) is 4.63. The summed E-state index contributed by atoms with van der Waals surface area (Å²) in [6.45, 7) is 9.50. The molecule has 29 heavy (non-hydrogen) atoms. The van der Waals surface area contributed by atoms with E-state index in [2.05, 4.69) is 98.5 Å². The lowest BCUT2D eigenvalue weighted by Gasteiger charge is -2.48. The van der Waals surface area contributed by atoms with Gasteiger partial charge < -0.3 is 5.11 Å². The Morgan fingerprint density at radius 2 is 1.59 bits per heavy atom. The molecule has 3 rings (SSSR count). The zero-order chi connectivity index (χ0) is 21.1. The van der Waals surface area contributed by atoms with E-state index >= 15 is 0 Å². The highest BCUT2D eigenvalue weighted by Gasteiger charge is 2.49. The van der Waals surface area contributed by atoms with E-state index in [0.29, 0.717) is 13.0 Å². The molecule has 2 unspecified atom stereocenters. The van der Waals surface area contributed by atoms with Crippen LogP contribution < -0.4 is 10.4 Å². The molecule has 0 fully saturated rings. The first-order chi connectivity index (χ1) is 13.8. The molecular formula is C25H32N2OSi. The van der Waals surface area contributed by atoms with Gasteiger partial charge in [0.1, 0.15) is 14.1 Å². The van der Waals surface area contributed by atoms with Gasteiger partial charge in [0.15, 0.2) is 0 Å². The Hall–Kier alpha value is -2.19. The molecule has 0 spiro atoms. The minimum Gasteiger partial charge on any atom is -0.389 e. The van der Waals surface area contributed by atoms with E-state index in [4.69, 9.17) is 0 Å². The van der Waals surface area contributed by atoms with Crippen molar-refractivity contribution in [1.29, 1.82) is 5.26 Å². The fourth-order valence-corrected chi connectivity index (χ4v) is 10.00. The molecule has 2 atom stereocenters. The zero-order valence-electron chi connectivity index (χ0n) is 18.0. The lowest BCUT2D eigenvalue weighted by atomic mass is 10.0. The summed E-state index contributed by atoms with van der Waals surface area (Å²) in [5.41, 5.74) is 1.02. The Balaban J connectivity index is 2.16. The van der Waals surface area contributed by atoms with Crippen molar-refractivity contribution in [2.45, 2.75) is 51.3 Å². The Morgan fingerprint density at radius 1 is 1.07 bits per heavy atom. The predicted octanol–water partition coefficient (Wildman–Crippen LogP) is 3.49. The number of hydrogen-bond donors (Lipinski definition) is 1. The highest BCUT2D eigenvalue weighted by atomic mass is 28.3. The summed E-state index contributed by atoms with van der Waals surface area (Å²) in [5.74, 6) is 0. The van der Waals surface area contributed by atoms with E-state index in [-0.39, 0.29) is 11.1 Å². The average Bonchev–Trinajstić information content (AvgIpc) is 2.72. The molecular weight excluding hydrogens is 372 g/mol. The molecule has 0 aliphatic carbocycles. The number of aliphatic hydroxyl groups excluding tert-OH is 1. The van der Waals surface area contributed by atoms with E-state index in [9.17, 15) is 10.4 Å². The molecule has 1 aliphatic heterocycles. The van der Waals surface area contributed by atoms with Gasteiger partial charge in [-0.25, -0.2) is 0 Å². The normalized spacial score (nSPS) is 19.3. The average molecular weight is 405 g/mol.